The number of hydrogen-bond donors (Lipinski definition) is 2. The summed E-state index contributed by atoms with van der Waals surface area (Å²) in [7, 11) is -2.04. The Morgan fingerprint density at radius 1 is 1.14 bits per heavy atom. The smallest absolute Gasteiger partial charge is 0.266 e. The molecule has 9 heteroatoms. The SMILES string of the molecule is COc1ccc2[nH]c(=O)c3sccc3c2c1-c1ccc(S(=O)(=O)NCCCl)cc1. The summed E-state index contributed by atoms with van der Waals surface area (Å²) in [6.07, 6.45) is 0. The van der Waals surface area contributed by atoms with Crippen molar-refractivity contribution >= 4 is 54.0 Å². The average Bonchev–Trinajstić information content (AvgIpc) is 3.22. The fraction of sp³-hybridized carbons (Fsp3) is 0.150. The maximum Gasteiger partial charge on any atom is 0.266 e. The summed E-state index contributed by atoms with van der Waals surface area (Å²) in [5.41, 5.74) is 2.13. The number of benzene rings is 2. The number of aromatic nitrogens is 1. The molecule has 29 heavy (non-hydrogen) atoms. The van der Waals surface area contributed by atoms with Gasteiger partial charge in [-0.05, 0) is 41.3 Å². The standard InChI is InChI=1S/C20H17ClN2O4S2/c1-27-16-7-6-15-18(14-8-11-28-19(14)20(24)23-15)17(16)12-2-4-13(5-3-12)29(25,26)22-10-9-21/h2-8,11,22H,9-10H2,1H3,(H,23,24). The Kier molecular flexibility index (Phi) is 5.35. The van der Waals surface area contributed by atoms with Crippen molar-refractivity contribution in [3.05, 3.63) is 58.2 Å². The van der Waals surface area contributed by atoms with Crippen LogP contribution in [0.2, 0.25) is 0 Å². The molecule has 0 radical (unpaired) electrons. The molecule has 2 N–H and O–H groups in total. The third-order valence-corrected chi connectivity index (χ3v) is 7.19. The minimum atomic E-state index is -3.62. The molecular formula is C20H17ClN2O4S2. The van der Waals surface area contributed by atoms with Crippen molar-refractivity contribution in [3.8, 4) is 16.9 Å². The first-order valence-electron chi connectivity index (χ1n) is 8.72. The summed E-state index contributed by atoms with van der Waals surface area (Å²) in [6, 6.07) is 12.1. The maximum atomic E-state index is 12.3. The second kappa shape index (κ2) is 7.79. The van der Waals surface area contributed by atoms with Gasteiger partial charge in [0.2, 0.25) is 10.0 Å². The molecule has 0 spiro atoms. The number of hydrogen-bond acceptors (Lipinski definition) is 5. The Balaban J connectivity index is 1.94. The first-order valence-corrected chi connectivity index (χ1v) is 11.6. The lowest BCUT2D eigenvalue weighted by atomic mass is 9.97. The molecule has 0 saturated heterocycles. The largest absolute Gasteiger partial charge is 0.496 e. The minimum absolute atomic E-state index is 0.134. The van der Waals surface area contributed by atoms with Crippen LogP contribution in [0.1, 0.15) is 0 Å². The molecule has 0 aliphatic heterocycles. The van der Waals surface area contributed by atoms with E-state index in [2.05, 4.69) is 9.71 Å². The summed E-state index contributed by atoms with van der Waals surface area (Å²) in [5.74, 6) is 0.826. The van der Waals surface area contributed by atoms with Gasteiger partial charge >= 0.3 is 0 Å². The van der Waals surface area contributed by atoms with E-state index in [9.17, 15) is 13.2 Å². The van der Waals surface area contributed by atoms with E-state index in [1.807, 2.05) is 17.5 Å². The van der Waals surface area contributed by atoms with Crippen LogP contribution in [0.5, 0.6) is 5.75 Å². The fourth-order valence-electron chi connectivity index (χ4n) is 3.34. The first kappa shape index (κ1) is 19.9. The second-order valence-electron chi connectivity index (χ2n) is 6.29. The van der Waals surface area contributed by atoms with Crippen LogP contribution in [0, 0.1) is 0 Å². The summed E-state index contributed by atoms with van der Waals surface area (Å²) in [6.45, 7) is 0.159. The predicted molar refractivity (Wildman–Crippen MR) is 118 cm³/mol. The summed E-state index contributed by atoms with van der Waals surface area (Å²) >= 11 is 6.95. The minimum Gasteiger partial charge on any atom is -0.496 e. The summed E-state index contributed by atoms with van der Waals surface area (Å²) < 4.78 is 33.3. The molecule has 6 nitrogen and oxygen atoms in total. The monoisotopic (exact) mass is 448 g/mol. The molecule has 2 aromatic heterocycles. The van der Waals surface area contributed by atoms with Gasteiger partial charge in [-0.2, -0.15) is 0 Å². The zero-order valence-electron chi connectivity index (χ0n) is 15.4. The number of pyridine rings is 1. The number of H-pyrrole nitrogens is 1. The molecule has 0 atom stereocenters. The number of alkyl halides is 1. The van der Waals surface area contributed by atoms with E-state index in [1.165, 1.54) is 11.3 Å². The van der Waals surface area contributed by atoms with Crippen molar-refractivity contribution in [3.63, 3.8) is 0 Å². The van der Waals surface area contributed by atoms with Gasteiger partial charge in [0.25, 0.3) is 5.56 Å². The van der Waals surface area contributed by atoms with Crippen LogP contribution < -0.4 is 15.0 Å². The molecule has 0 amide bonds. The lowest BCUT2D eigenvalue weighted by molar-refractivity contribution is 0.417. The van der Waals surface area contributed by atoms with Crippen molar-refractivity contribution < 1.29 is 13.2 Å². The zero-order valence-corrected chi connectivity index (χ0v) is 17.7. The van der Waals surface area contributed by atoms with Gasteiger partial charge in [0.1, 0.15) is 10.4 Å². The Morgan fingerprint density at radius 2 is 1.90 bits per heavy atom. The van der Waals surface area contributed by atoms with Crippen LogP contribution >= 0.6 is 22.9 Å². The van der Waals surface area contributed by atoms with Gasteiger partial charge in [0.15, 0.2) is 0 Å². The predicted octanol–water partition coefficient (Wildman–Crippen LogP) is 3.94. The van der Waals surface area contributed by atoms with Crippen LogP contribution in [0.15, 0.2) is 57.5 Å². The van der Waals surface area contributed by atoms with E-state index < -0.39 is 10.0 Å². The van der Waals surface area contributed by atoms with E-state index >= 15 is 0 Å². The molecule has 0 bridgehead atoms. The zero-order chi connectivity index (χ0) is 20.6. The molecular weight excluding hydrogens is 432 g/mol. The van der Waals surface area contributed by atoms with E-state index in [4.69, 9.17) is 16.3 Å². The highest BCUT2D eigenvalue weighted by molar-refractivity contribution is 7.89. The van der Waals surface area contributed by atoms with Gasteiger partial charge in [-0.3, -0.25) is 4.79 Å². The van der Waals surface area contributed by atoms with Gasteiger partial charge in [0.05, 0.1) is 12.0 Å². The van der Waals surface area contributed by atoms with Crippen LogP contribution in [-0.4, -0.2) is 32.9 Å². The molecule has 4 rings (SSSR count). The maximum absolute atomic E-state index is 12.3. The third-order valence-electron chi connectivity index (χ3n) is 4.62. The topological polar surface area (TPSA) is 88.3 Å². The van der Waals surface area contributed by atoms with Crippen molar-refractivity contribution in [1.82, 2.24) is 9.71 Å². The summed E-state index contributed by atoms with van der Waals surface area (Å²) in [4.78, 5) is 15.4. The van der Waals surface area contributed by atoms with Crippen molar-refractivity contribution in [2.24, 2.45) is 0 Å². The lowest BCUT2D eigenvalue weighted by Gasteiger charge is -2.14. The van der Waals surface area contributed by atoms with Gasteiger partial charge in [-0.15, -0.1) is 22.9 Å². The van der Waals surface area contributed by atoms with E-state index in [-0.39, 0.29) is 22.9 Å². The number of thiophene rings is 1. The molecule has 2 heterocycles. The highest BCUT2D eigenvalue weighted by Crippen LogP contribution is 2.40. The molecule has 0 aliphatic rings. The van der Waals surface area contributed by atoms with Crippen LogP contribution in [0.4, 0.5) is 0 Å². The van der Waals surface area contributed by atoms with E-state index in [0.29, 0.717) is 16.0 Å². The highest BCUT2D eigenvalue weighted by Gasteiger charge is 2.18. The Labute approximate surface area is 176 Å². The molecule has 150 valence electrons. The summed E-state index contributed by atoms with van der Waals surface area (Å²) in [5, 5.41) is 3.57. The average molecular weight is 449 g/mol. The third kappa shape index (κ3) is 3.53. The van der Waals surface area contributed by atoms with Crippen molar-refractivity contribution in [1.29, 1.82) is 0 Å². The molecule has 0 saturated carbocycles. The number of aromatic amines is 1. The van der Waals surface area contributed by atoms with Gasteiger partial charge in [-0.1, -0.05) is 12.1 Å². The number of fused-ring (bicyclic) bond motifs is 3. The number of halogens is 1. The van der Waals surface area contributed by atoms with Crippen LogP contribution in [0.25, 0.3) is 32.1 Å². The van der Waals surface area contributed by atoms with Gasteiger partial charge < -0.3 is 9.72 Å². The number of methoxy groups -OCH3 is 1. The Bertz CT molecular complexity index is 1360. The number of rotatable bonds is 6. The molecule has 0 unspecified atom stereocenters. The highest BCUT2D eigenvalue weighted by atomic mass is 35.5. The van der Waals surface area contributed by atoms with Crippen LogP contribution in [0.3, 0.4) is 0 Å². The second-order valence-corrected chi connectivity index (χ2v) is 9.36. The first-order chi connectivity index (χ1) is 14.0. The van der Waals surface area contributed by atoms with Crippen LogP contribution in [-0.2, 0) is 10.0 Å². The molecule has 2 aromatic carbocycles. The van der Waals surface area contributed by atoms with Gasteiger partial charge in [0, 0.05) is 34.3 Å². The molecule has 0 aliphatic carbocycles. The van der Waals surface area contributed by atoms with E-state index in [1.54, 1.807) is 37.4 Å². The van der Waals surface area contributed by atoms with Crippen molar-refractivity contribution in [2.45, 2.75) is 4.90 Å². The number of sulfonamides is 1. The fourth-order valence-corrected chi connectivity index (χ4v) is 5.38. The normalized spacial score (nSPS) is 11.9. The number of nitrogens with one attached hydrogen (secondary N) is 2. The Morgan fingerprint density at radius 3 is 2.59 bits per heavy atom. The quantitative estimate of drug-likeness (QED) is 0.437. The Hall–Kier alpha value is -2.39. The van der Waals surface area contributed by atoms with E-state index in [0.717, 1.165) is 21.9 Å². The van der Waals surface area contributed by atoms with Crippen molar-refractivity contribution in [2.75, 3.05) is 19.5 Å². The molecule has 4 aromatic rings. The molecule has 0 fully saturated rings. The lowest BCUT2D eigenvalue weighted by Crippen LogP contribution is -2.25. The number of ether oxygens (including phenoxy) is 1. The van der Waals surface area contributed by atoms with Gasteiger partial charge in [-0.25, -0.2) is 13.1 Å².